The molecule has 144 valence electrons. The summed E-state index contributed by atoms with van der Waals surface area (Å²) in [5.41, 5.74) is 5.01. The molecule has 0 aliphatic carbocycles. The van der Waals surface area contributed by atoms with Gasteiger partial charge in [-0.05, 0) is 62.1 Å². The van der Waals surface area contributed by atoms with Crippen LogP contribution in [0, 0.1) is 0 Å². The molecule has 2 aromatic carbocycles. The number of aromatic amines is 1. The van der Waals surface area contributed by atoms with Crippen molar-refractivity contribution in [2.24, 2.45) is 0 Å². The molecule has 1 aliphatic heterocycles. The minimum Gasteiger partial charge on any atom is -0.497 e. The zero-order valence-electron chi connectivity index (χ0n) is 16.3. The summed E-state index contributed by atoms with van der Waals surface area (Å²) in [5, 5.41) is 2.58. The van der Waals surface area contributed by atoms with E-state index in [1.165, 1.54) is 40.3 Å². The number of nitrogens with zero attached hydrogens (tertiary/aromatic N) is 1. The zero-order chi connectivity index (χ0) is 18.9. The second kappa shape index (κ2) is 7.36. The number of benzene rings is 2. The highest BCUT2D eigenvalue weighted by Gasteiger charge is 2.21. The molecule has 0 radical (unpaired) electrons. The lowest BCUT2D eigenvalue weighted by Gasteiger charge is -2.25. The van der Waals surface area contributed by atoms with Crippen molar-refractivity contribution in [3.63, 3.8) is 0 Å². The van der Waals surface area contributed by atoms with Crippen LogP contribution in [0.2, 0.25) is 0 Å². The summed E-state index contributed by atoms with van der Waals surface area (Å²) in [6.07, 6.45) is 6.72. The van der Waals surface area contributed by atoms with E-state index in [1.807, 2.05) is 6.07 Å². The third-order valence-corrected chi connectivity index (χ3v) is 5.97. The minimum absolute atomic E-state index is 0.920. The third kappa shape index (κ3) is 3.18. The topological polar surface area (TPSA) is 41.4 Å². The number of hydrogen-bond acceptors (Lipinski definition) is 3. The average molecular weight is 374 g/mol. The van der Waals surface area contributed by atoms with Crippen LogP contribution in [0.4, 0.5) is 0 Å². The first-order valence-electron chi connectivity index (χ1n) is 10.2. The van der Waals surface area contributed by atoms with Gasteiger partial charge in [0.2, 0.25) is 0 Å². The lowest BCUT2D eigenvalue weighted by Crippen LogP contribution is -2.30. The van der Waals surface area contributed by atoms with Crippen molar-refractivity contribution in [1.29, 1.82) is 0 Å². The van der Waals surface area contributed by atoms with Crippen LogP contribution in [0.5, 0.6) is 5.75 Å². The molecule has 0 fully saturated rings. The Labute approximate surface area is 165 Å². The van der Waals surface area contributed by atoms with Gasteiger partial charge in [-0.15, -0.1) is 0 Å². The van der Waals surface area contributed by atoms with Crippen molar-refractivity contribution >= 4 is 21.9 Å². The number of nitrogens with one attached hydrogen (secondary N) is 1. The van der Waals surface area contributed by atoms with Crippen LogP contribution in [0.1, 0.15) is 29.7 Å². The first kappa shape index (κ1) is 17.4. The van der Waals surface area contributed by atoms with E-state index in [0.717, 1.165) is 49.6 Å². The molecule has 0 atom stereocenters. The number of H-pyrrole nitrogens is 1. The maximum absolute atomic E-state index is 6.10. The molecule has 1 aliphatic rings. The highest BCUT2D eigenvalue weighted by Crippen LogP contribution is 2.30. The smallest absolute Gasteiger partial charge is 0.134 e. The van der Waals surface area contributed by atoms with Gasteiger partial charge in [-0.2, -0.15) is 0 Å². The average Bonchev–Trinajstić information content (AvgIpc) is 3.31. The van der Waals surface area contributed by atoms with E-state index in [-0.39, 0.29) is 0 Å². The first-order chi connectivity index (χ1) is 13.8. The number of methoxy groups -OCH3 is 1. The summed E-state index contributed by atoms with van der Waals surface area (Å²) in [7, 11) is 1.72. The van der Waals surface area contributed by atoms with Crippen LogP contribution in [0.3, 0.4) is 0 Å². The molecule has 4 aromatic rings. The summed E-state index contributed by atoms with van der Waals surface area (Å²) < 4.78 is 11.5. The van der Waals surface area contributed by atoms with E-state index in [9.17, 15) is 0 Å². The number of para-hydroxylation sites is 1. The van der Waals surface area contributed by atoms with E-state index in [2.05, 4.69) is 52.5 Å². The molecule has 2 aromatic heterocycles. The Morgan fingerprint density at radius 1 is 1.11 bits per heavy atom. The molecule has 0 unspecified atom stereocenters. The number of aryl methyl sites for hydroxylation is 1. The quantitative estimate of drug-likeness (QED) is 0.465. The van der Waals surface area contributed by atoms with Crippen molar-refractivity contribution in [2.75, 3.05) is 20.2 Å². The molecule has 0 spiro atoms. The van der Waals surface area contributed by atoms with Gasteiger partial charge in [0.25, 0.3) is 0 Å². The summed E-state index contributed by atoms with van der Waals surface area (Å²) in [6, 6.07) is 14.6. The van der Waals surface area contributed by atoms with Gasteiger partial charge in [0.15, 0.2) is 0 Å². The zero-order valence-corrected chi connectivity index (χ0v) is 16.3. The van der Waals surface area contributed by atoms with Gasteiger partial charge in [0.05, 0.1) is 13.7 Å². The van der Waals surface area contributed by atoms with Crippen molar-refractivity contribution in [3.05, 3.63) is 65.5 Å². The third-order valence-electron chi connectivity index (χ3n) is 5.97. The minimum atomic E-state index is 0.920. The van der Waals surface area contributed by atoms with Crippen LogP contribution >= 0.6 is 0 Å². The standard InChI is InChI=1S/C24H26N2O2/c1-27-18-9-10-22-21(14-18)17(15-25-22)6-4-5-12-26-13-11-20-19-7-2-3-8-23(19)28-24(20)16-26/h2-3,7-10,14-15,25H,4-6,11-13,16H2,1H3. The Morgan fingerprint density at radius 3 is 2.96 bits per heavy atom. The number of fused-ring (bicyclic) bond motifs is 4. The number of furan rings is 1. The van der Waals surface area contributed by atoms with E-state index < -0.39 is 0 Å². The predicted octanol–water partition coefficient (Wildman–Crippen LogP) is 5.30. The van der Waals surface area contributed by atoms with Crippen LogP contribution in [0.15, 0.2) is 53.1 Å². The fourth-order valence-corrected chi connectivity index (χ4v) is 4.44. The molecule has 0 saturated carbocycles. The Morgan fingerprint density at radius 2 is 2.04 bits per heavy atom. The monoisotopic (exact) mass is 374 g/mol. The number of hydrogen-bond donors (Lipinski definition) is 1. The van der Waals surface area contributed by atoms with Gasteiger partial charge < -0.3 is 14.1 Å². The SMILES string of the molecule is COc1ccc2[nH]cc(CCCCN3CCc4c(oc5ccccc45)C3)c2c1. The molecule has 3 heterocycles. The number of unbranched alkanes of at least 4 members (excludes halogenated alkanes) is 1. The Balaban J connectivity index is 1.18. The molecule has 0 bridgehead atoms. The van der Waals surface area contributed by atoms with Crippen LogP contribution in [-0.2, 0) is 19.4 Å². The molecule has 0 amide bonds. The van der Waals surface area contributed by atoms with Crippen molar-refractivity contribution < 1.29 is 9.15 Å². The summed E-state index contributed by atoms with van der Waals surface area (Å²) in [4.78, 5) is 5.91. The lowest BCUT2D eigenvalue weighted by molar-refractivity contribution is 0.227. The molecule has 4 heteroatoms. The van der Waals surface area contributed by atoms with Gasteiger partial charge in [-0.1, -0.05) is 18.2 Å². The molecule has 5 rings (SSSR count). The second-order valence-electron chi connectivity index (χ2n) is 7.71. The van der Waals surface area contributed by atoms with Gasteiger partial charge in [0.1, 0.15) is 17.1 Å². The first-order valence-corrected chi connectivity index (χ1v) is 10.2. The summed E-state index contributed by atoms with van der Waals surface area (Å²) >= 11 is 0. The highest BCUT2D eigenvalue weighted by atomic mass is 16.5. The number of aromatic nitrogens is 1. The Kier molecular flexibility index (Phi) is 4.57. The molecule has 28 heavy (non-hydrogen) atoms. The van der Waals surface area contributed by atoms with E-state index >= 15 is 0 Å². The van der Waals surface area contributed by atoms with E-state index in [1.54, 1.807) is 7.11 Å². The number of ether oxygens (including phenoxy) is 1. The number of rotatable bonds is 6. The second-order valence-corrected chi connectivity index (χ2v) is 7.71. The van der Waals surface area contributed by atoms with Gasteiger partial charge in [0, 0.05) is 34.6 Å². The highest BCUT2D eigenvalue weighted by molar-refractivity contribution is 5.84. The molecular weight excluding hydrogens is 348 g/mol. The molecule has 4 nitrogen and oxygen atoms in total. The van der Waals surface area contributed by atoms with Gasteiger partial charge in [-0.3, -0.25) is 4.90 Å². The molecule has 1 N–H and O–H groups in total. The van der Waals surface area contributed by atoms with E-state index in [4.69, 9.17) is 9.15 Å². The molecular formula is C24H26N2O2. The Bertz CT molecular complexity index is 1110. The largest absolute Gasteiger partial charge is 0.497 e. The van der Waals surface area contributed by atoms with Gasteiger partial charge >= 0.3 is 0 Å². The van der Waals surface area contributed by atoms with Crippen molar-refractivity contribution in [2.45, 2.75) is 32.2 Å². The van der Waals surface area contributed by atoms with Crippen LogP contribution < -0.4 is 4.74 Å². The predicted molar refractivity (Wildman–Crippen MR) is 113 cm³/mol. The van der Waals surface area contributed by atoms with Crippen LogP contribution in [-0.4, -0.2) is 30.1 Å². The normalized spacial score (nSPS) is 14.6. The maximum Gasteiger partial charge on any atom is 0.134 e. The van der Waals surface area contributed by atoms with Gasteiger partial charge in [-0.25, -0.2) is 0 Å². The van der Waals surface area contributed by atoms with E-state index in [0.29, 0.717) is 0 Å². The van der Waals surface area contributed by atoms with Crippen molar-refractivity contribution in [3.8, 4) is 5.75 Å². The summed E-state index contributed by atoms with van der Waals surface area (Å²) in [5.74, 6) is 2.08. The summed E-state index contributed by atoms with van der Waals surface area (Å²) in [6.45, 7) is 3.19. The Hall–Kier alpha value is -2.72. The fraction of sp³-hybridized carbons (Fsp3) is 0.333. The van der Waals surface area contributed by atoms with Crippen LogP contribution in [0.25, 0.3) is 21.9 Å². The fourth-order valence-electron chi connectivity index (χ4n) is 4.44. The maximum atomic E-state index is 6.10. The lowest BCUT2D eigenvalue weighted by atomic mass is 10.0. The molecule has 0 saturated heterocycles. The van der Waals surface area contributed by atoms with Crippen molar-refractivity contribution in [1.82, 2.24) is 9.88 Å².